The van der Waals surface area contributed by atoms with E-state index in [1.54, 1.807) is 11.3 Å². The maximum atomic E-state index is 5.58. The second-order valence-corrected chi connectivity index (χ2v) is 4.37. The van der Waals surface area contributed by atoms with E-state index in [9.17, 15) is 0 Å². The van der Waals surface area contributed by atoms with Crippen LogP contribution in [0.25, 0.3) is 11.1 Å². The van der Waals surface area contributed by atoms with E-state index < -0.39 is 0 Å². The van der Waals surface area contributed by atoms with Gasteiger partial charge in [-0.05, 0) is 29.5 Å². The lowest BCUT2D eigenvalue weighted by atomic mass is 10.1. The molecule has 0 saturated heterocycles. The third-order valence-electron chi connectivity index (χ3n) is 2.21. The summed E-state index contributed by atoms with van der Waals surface area (Å²) in [6.07, 6.45) is 0. The van der Waals surface area contributed by atoms with Gasteiger partial charge in [0.2, 0.25) is 0 Å². The summed E-state index contributed by atoms with van der Waals surface area (Å²) in [5.41, 5.74) is 9.43. The molecule has 2 N–H and O–H groups in total. The molecule has 1 aromatic carbocycles. The molecule has 0 unspecified atom stereocenters. The van der Waals surface area contributed by atoms with Crippen LogP contribution in [0.4, 0.5) is 0 Å². The molecule has 1 aromatic heterocycles. The monoisotopic (exact) mass is 203 g/mol. The SMILES string of the molecule is Cc1cccc(-c2csc(CN)c2)c1. The molecule has 0 fully saturated rings. The summed E-state index contributed by atoms with van der Waals surface area (Å²) in [6.45, 7) is 2.75. The average molecular weight is 203 g/mol. The van der Waals surface area contributed by atoms with Gasteiger partial charge >= 0.3 is 0 Å². The van der Waals surface area contributed by atoms with Crippen LogP contribution in [0.2, 0.25) is 0 Å². The van der Waals surface area contributed by atoms with Crippen LogP contribution in [0.5, 0.6) is 0 Å². The van der Waals surface area contributed by atoms with Crippen molar-refractivity contribution >= 4 is 11.3 Å². The van der Waals surface area contributed by atoms with Crippen LogP contribution in [0, 0.1) is 6.92 Å². The molecule has 0 spiro atoms. The number of rotatable bonds is 2. The summed E-state index contributed by atoms with van der Waals surface area (Å²) >= 11 is 1.73. The van der Waals surface area contributed by atoms with Gasteiger partial charge in [-0.1, -0.05) is 29.8 Å². The minimum absolute atomic E-state index is 0.635. The van der Waals surface area contributed by atoms with Crippen molar-refractivity contribution in [1.29, 1.82) is 0 Å². The molecule has 0 atom stereocenters. The molecular weight excluding hydrogens is 190 g/mol. The van der Waals surface area contributed by atoms with Crippen molar-refractivity contribution in [2.75, 3.05) is 0 Å². The third kappa shape index (κ3) is 1.86. The largest absolute Gasteiger partial charge is 0.326 e. The van der Waals surface area contributed by atoms with Crippen molar-refractivity contribution in [2.24, 2.45) is 5.73 Å². The molecule has 2 heteroatoms. The number of hydrogen-bond acceptors (Lipinski definition) is 2. The Morgan fingerprint density at radius 1 is 1.21 bits per heavy atom. The quantitative estimate of drug-likeness (QED) is 0.797. The fraction of sp³-hybridized carbons (Fsp3) is 0.167. The van der Waals surface area contributed by atoms with E-state index in [2.05, 4.69) is 42.6 Å². The van der Waals surface area contributed by atoms with E-state index in [0.717, 1.165) is 0 Å². The highest BCUT2D eigenvalue weighted by molar-refractivity contribution is 7.10. The zero-order valence-electron chi connectivity index (χ0n) is 8.16. The van der Waals surface area contributed by atoms with Gasteiger partial charge in [0.05, 0.1) is 0 Å². The minimum atomic E-state index is 0.635. The smallest absolute Gasteiger partial charge is 0.0274 e. The summed E-state index contributed by atoms with van der Waals surface area (Å²) in [4.78, 5) is 1.24. The molecule has 0 aliphatic heterocycles. The highest BCUT2D eigenvalue weighted by atomic mass is 32.1. The third-order valence-corrected chi connectivity index (χ3v) is 3.17. The summed E-state index contributed by atoms with van der Waals surface area (Å²) < 4.78 is 0. The predicted octanol–water partition coefficient (Wildman–Crippen LogP) is 3.18. The lowest BCUT2D eigenvalue weighted by Crippen LogP contribution is -1.91. The highest BCUT2D eigenvalue weighted by Gasteiger charge is 2.00. The first-order chi connectivity index (χ1) is 6.79. The summed E-state index contributed by atoms with van der Waals surface area (Å²) in [6, 6.07) is 10.7. The number of aryl methyl sites for hydroxylation is 1. The molecule has 1 nitrogen and oxygen atoms in total. The van der Waals surface area contributed by atoms with Crippen LogP contribution >= 0.6 is 11.3 Å². The fourth-order valence-electron chi connectivity index (χ4n) is 1.46. The zero-order chi connectivity index (χ0) is 9.97. The Morgan fingerprint density at radius 2 is 2.07 bits per heavy atom. The Labute approximate surface area is 88.2 Å². The van der Waals surface area contributed by atoms with Crippen LogP contribution in [0.1, 0.15) is 10.4 Å². The van der Waals surface area contributed by atoms with Gasteiger partial charge in [0.15, 0.2) is 0 Å². The zero-order valence-corrected chi connectivity index (χ0v) is 8.97. The summed E-state index contributed by atoms with van der Waals surface area (Å²) in [5, 5.41) is 2.16. The normalized spacial score (nSPS) is 10.4. The van der Waals surface area contributed by atoms with Gasteiger partial charge < -0.3 is 5.73 Å². The Bertz CT molecular complexity index is 431. The van der Waals surface area contributed by atoms with E-state index in [0.29, 0.717) is 6.54 Å². The van der Waals surface area contributed by atoms with Crippen molar-refractivity contribution in [2.45, 2.75) is 13.5 Å². The van der Waals surface area contributed by atoms with Crippen LogP contribution < -0.4 is 5.73 Å². The second kappa shape index (κ2) is 3.95. The van der Waals surface area contributed by atoms with E-state index in [4.69, 9.17) is 5.73 Å². The maximum Gasteiger partial charge on any atom is 0.0274 e. The molecule has 14 heavy (non-hydrogen) atoms. The second-order valence-electron chi connectivity index (χ2n) is 3.38. The molecule has 1 heterocycles. The molecule has 2 rings (SSSR count). The Morgan fingerprint density at radius 3 is 2.71 bits per heavy atom. The van der Waals surface area contributed by atoms with Crippen molar-refractivity contribution < 1.29 is 0 Å². The Kier molecular flexibility index (Phi) is 2.66. The molecule has 0 amide bonds. The molecule has 0 saturated carbocycles. The van der Waals surface area contributed by atoms with Gasteiger partial charge in [-0.15, -0.1) is 11.3 Å². The van der Waals surface area contributed by atoms with Crippen LogP contribution in [0.3, 0.4) is 0 Å². The predicted molar refractivity (Wildman–Crippen MR) is 62.4 cm³/mol. The average Bonchev–Trinajstić information content (AvgIpc) is 2.66. The molecule has 0 bridgehead atoms. The first-order valence-corrected chi connectivity index (χ1v) is 5.52. The van der Waals surface area contributed by atoms with Gasteiger partial charge in [-0.3, -0.25) is 0 Å². The Hall–Kier alpha value is -1.12. The summed E-state index contributed by atoms with van der Waals surface area (Å²) in [5.74, 6) is 0. The summed E-state index contributed by atoms with van der Waals surface area (Å²) in [7, 11) is 0. The van der Waals surface area contributed by atoms with Crippen molar-refractivity contribution in [3.63, 3.8) is 0 Å². The van der Waals surface area contributed by atoms with Crippen LogP contribution in [-0.4, -0.2) is 0 Å². The number of hydrogen-bond donors (Lipinski definition) is 1. The van der Waals surface area contributed by atoms with Gasteiger partial charge in [0, 0.05) is 11.4 Å². The van der Waals surface area contributed by atoms with E-state index >= 15 is 0 Å². The van der Waals surface area contributed by atoms with Crippen molar-refractivity contribution in [1.82, 2.24) is 0 Å². The standard InChI is InChI=1S/C12H13NS/c1-9-3-2-4-10(5-9)11-6-12(7-13)14-8-11/h2-6,8H,7,13H2,1H3. The van der Waals surface area contributed by atoms with Gasteiger partial charge in [0.1, 0.15) is 0 Å². The molecular formula is C12H13NS. The van der Waals surface area contributed by atoms with Crippen LogP contribution in [-0.2, 0) is 6.54 Å². The molecule has 0 radical (unpaired) electrons. The van der Waals surface area contributed by atoms with Gasteiger partial charge in [0.25, 0.3) is 0 Å². The lowest BCUT2D eigenvalue weighted by molar-refractivity contribution is 1.11. The topological polar surface area (TPSA) is 26.0 Å². The molecule has 0 aliphatic rings. The highest BCUT2D eigenvalue weighted by Crippen LogP contribution is 2.25. The van der Waals surface area contributed by atoms with Crippen molar-refractivity contribution in [3.8, 4) is 11.1 Å². The maximum absolute atomic E-state index is 5.58. The molecule has 0 aliphatic carbocycles. The fourth-order valence-corrected chi connectivity index (χ4v) is 2.24. The molecule has 72 valence electrons. The Balaban J connectivity index is 2.39. The first-order valence-electron chi connectivity index (χ1n) is 4.64. The number of nitrogens with two attached hydrogens (primary N) is 1. The van der Waals surface area contributed by atoms with E-state index in [1.807, 2.05) is 0 Å². The minimum Gasteiger partial charge on any atom is -0.326 e. The van der Waals surface area contributed by atoms with Crippen LogP contribution in [0.15, 0.2) is 35.7 Å². The molecule has 2 aromatic rings. The van der Waals surface area contributed by atoms with Crippen molar-refractivity contribution in [3.05, 3.63) is 46.2 Å². The number of benzene rings is 1. The van der Waals surface area contributed by atoms with E-state index in [1.165, 1.54) is 21.6 Å². The first kappa shape index (κ1) is 9.44. The number of thiophene rings is 1. The van der Waals surface area contributed by atoms with Gasteiger partial charge in [-0.2, -0.15) is 0 Å². The van der Waals surface area contributed by atoms with Gasteiger partial charge in [-0.25, -0.2) is 0 Å². The lowest BCUT2D eigenvalue weighted by Gasteiger charge is -1.98. The van der Waals surface area contributed by atoms with E-state index in [-0.39, 0.29) is 0 Å².